The number of carbonyl (C=O) groups is 2. The number of aromatic nitrogens is 3. The van der Waals surface area contributed by atoms with Crippen LogP contribution in [-0.2, 0) is 11.3 Å². The largest absolute Gasteiger partial charge is 0.479 e. The smallest absolute Gasteiger partial charge is 0.413 e. The summed E-state index contributed by atoms with van der Waals surface area (Å²) in [6.07, 6.45) is -4.34. The first kappa shape index (κ1) is 23.1. The van der Waals surface area contributed by atoms with Gasteiger partial charge in [0.05, 0.1) is 13.7 Å². The Bertz CT molecular complexity index is 1300. The van der Waals surface area contributed by atoms with E-state index < -0.39 is 35.5 Å². The van der Waals surface area contributed by atoms with E-state index in [1.54, 1.807) is 6.07 Å². The van der Waals surface area contributed by atoms with Crippen molar-refractivity contribution in [3.05, 3.63) is 58.9 Å². The van der Waals surface area contributed by atoms with E-state index in [1.165, 1.54) is 37.4 Å². The van der Waals surface area contributed by atoms with Crippen molar-refractivity contribution in [3.8, 4) is 16.6 Å². The monoisotopic (exact) mass is 507 g/mol. The second-order valence-electron chi connectivity index (χ2n) is 8.12. The number of rotatable bonds is 6. The maximum absolute atomic E-state index is 14.1. The average Bonchev–Trinajstić information content (AvgIpc) is 3.46. The van der Waals surface area contributed by atoms with Crippen LogP contribution in [0.1, 0.15) is 29.5 Å². The normalized spacial score (nSPS) is 17.9. The molecule has 2 fully saturated rings. The van der Waals surface area contributed by atoms with Crippen molar-refractivity contribution in [1.29, 1.82) is 0 Å². The number of ether oxygens (including phenoxy) is 1. The van der Waals surface area contributed by atoms with Gasteiger partial charge in [-0.05, 0) is 30.5 Å². The van der Waals surface area contributed by atoms with Crippen LogP contribution in [0.25, 0.3) is 10.7 Å². The lowest BCUT2D eigenvalue weighted by atomic mass is 10.0. The van der Waals surface area contributed by atoms with Crippen molar-refractivity contribution >= 4 is 23.3 Å². The predicted molar refractivity (Wildman–Crippen MR) is 115 cm³/mol. The number of benzene rings is 1. The van der Waals surface area contributed by atoms with Crippen molar-refractivity contribution in [2.24, 2.45) is 0 Å². The zero-order valence-corrected chi connectivity index (χ0v) is 18.9. The van der Waals surface area contributed by atoms with Crippen LogP contribution in [0.3, 0.4) is 0 Å². The van der Waals surface area contributed by atoms with Gasteiger partial charge in [0.1, 0.15) is 16.2 Å². The fourth-order valence-corrected chi connectivity index (χ4v) is 4.95. The third-order valence-corrected chi connectivity index (χ3v) is 6.89. The number of methoxy groups -OCH3 is 1. The molecule has 35 heavy (non-hydrogen) atoms. The number of amides is 3. The zero-order valence-electron chi connectivity index (χ0n) is 18.1. The second-order valence-corrected chi connectivity index (χ2v) is 9.18. The lowest BCUT2D eigenvalue weighted by Gasteiger charge is -2.28. The molecule has 1 saturated carbocycles. The van der Waals surface area contributed by atoms with Gasteiger partial charge in [-0.2, -0.15) is 13.2 Å². The maximum atomic E-state index is 14.1. The molecule has 5 rings (SSSR count). The van der Waals surface area contributed by atoms with Gasteiger partial charge in [-0.3, -0.25) is 4.79 Å². The van der Waals surface area contributed by atoms with Crippen molar-refractivity contribution in [2.75, 3.05) is 7.11 Å². The molecular formula is C22H17F4N5O3S. The van der Waals surface area contributed by atoms with Crippen LogP contribution in [0.4, 0.5) is 22.4 Å². The number of imide groups is 1. The van der Waals surface area contributed by atoms with Gasteiger partial charge in [0, 0.05) is 0 Å². The Labute approximate surface area is 200 Å². The number of pyridine rings is 1. The summed E-state index contributed by atoms with van der Waals surface area (Å²) in [4.78, 5) is 31.9. The third-order valence-electron chi connectivity index (χ3n) is 5.96. The topological polar surface area (TPSA) is 88.5 Å². The lowest BCUT2D eigenvalue weighted by molar-refractivity contribution is -0.182. The van der Waals surface area contributed by atoms with E-state index in [1.807, 2.05) is 0 Å². The van der Waals surface area contributed by atoms with Gasteiger partial charge in [-0.15, -0.1) is 10.2 Å². The number of halogens is 4. The minimum atomic E-state index is -4.86. The molecular weight excluding hydrogens is 490 g/mol. The first-order chi connectivity index (χ1) is 16.7. The number of carbonyl (C=O) groups excluding carboxylic acids is 2. The quantitative estimate of drug-likeness (QED) is 0.364. The Kier molecular flexibility index (Phi) is 5.46. The van der Waals surface area contributed by atoms with Gasteiger partial charge < -0.3 is 9.64 Å². The summed E-state index contributed by atoms with van der Waals surface area (Å²) in [7, 11) is 1.27. The highest BCUT2D eigenvalue weighted by molar-refractivity contribution is 7.14. The molecule has 1 aliphatic heterocycles. The summed E-state index contributed by atoms with van der Waals surface area (Å²) in [5.41, 5.74) is -1.24. The Balaban J connectivity index is 1.44. The number of alkyl halides is 3. The number of urea groups is 1. The maximum Gasteiger partial charge on any atom is 0.413 e. The molecule has 1 saturated heterocycles. The number of nitrogens with zero attached hydrogens (tertiary/aromatic N) is 5. The highest BCUT2D eigenvalue weighted by atomic mass is 32.1. The van der Waals surface area contributed by atoms with Crippen molar-refractivity contribution in [1.82, 2.24) is 25.0 Å². The first-order valence-electron chi connectivity index (χ1n) is 10.5. The van der Waals surface area contributed by atoms with Crippen LogP contribution in [0.15, 0.2) is 42.5 Å². The Morgan fingerprint density at radius 1 is 1.11 bits per heavy atom. The summed E-state index contributed by atoms with van der Waals surface area (Å²) >= 11 is 1.03. The Hall–Kier alpha value is -3.61. The van der Waals surface area contributed by atoms with Crippen LogP contribution >= 0.6 is 11.3 Å². The van der Waals surface area contributed by atoms with E-state index >= 15 is 0 Å². The highest BCUT2D eigenvalue weighted by Gasteiger charge is 2.68. The molecule has 0 radical (unpaired) electrons. The van der Waals surface area contributed by atoms with Gasteiger partial charge in [0.2, 0.25) is 0 Å². The summed E-state index contributed by atoms with van der Waals surface area (Å²) in [6, 6.07) is 5.98. The molecule has 0 bridgehead atoms. The molecule has 0 N–H and O–H groups in total. The molecule has 1 aliphatic carbocycles. The zero-order chi connectivity index (χ0) is 25.0. The first-order valence-corrected chi connectivity index (χ1v) is 11.3. The van der Waals surface area contributed by atoms with E-state index in [-0.39, 0.29) is 36.5 Å². The van der Waals surface area contributed by atoms with E-state index in [0.29, 0.717) is 14.9 Å². The standard InChI is InChI=1S/C22H17F4N5O3S/c1-34-17-13(23)7-8-14(27-17)18-29-28-15(35-18)11-30-20(33)31(19(32)21(30)9-10-21)16(22(24,25)26)12-5-3-2-4-6-12/h2-8,16H,9-11H2,1H3/t16-/m0/s1. The van der Waals surface area contributed by atoms with E-state index in [2.05, 4.69) is 15.2 Å². The third kappa shape index (κ3) is 3.89. The summed E-state index contributed by atoms with van der Waals surface area (Å²) < 4.78 is 60.8. The molecule has 1 aromatic carbocycles. The second kappa shape index (κ2) is 8.26. The molecule has 2 aromatic heterocycles. The molecule has 3 amide bonds. The highest BCUT2D eigenvalue weighted by Crippen LogP contribution is 2.53. The van der Waals surface area contributed by atoms with Crippen LogP contribution in [0.5, 0.6) is 5.88 Å². The van der Waals surface area contributed by atoms with E-state index in [0.717, 1.165) is 22.3 Å². The van der Waals surface area contributed by atoms with Crippen LogP contribution in [-0.4, -0.2) is 55.7 Å². The SMILES string of the molecule is COc1nc(-c2nnc(CN3C(=O)N([C@@H](c4ccccc4)C(F)(F)F)C(=O)C34CC4)s2)ccc1F. The minimum absolute atomic E-state index is 0.198. The predicted octanol–water partition coefficient (Wildman–Crippen LogP) is 4.35. The molecule has 8 nitrogen and oxygen atoms in total. The fraction of sp³-hybridized carbons (Fsp3) is 0.318. The fourth-order valence-electron chi connectivity index (χ4n) is 4.15. The van der Waals surface area contributed by atoms with Gasteiger partial charge >= 0.3 is 12.2 Å². The van der Waals surface area contributed by atoms with E-state index in [9.17, 15) is 27.2 Å². The van der Waals surface area contributed by atoms with Crippen molar-refractivity contribution < 1.29 is 31.9 Å². The summed E-state index contributed by atoms with van der Waals surface area (Å²) in [5, 5.41) is 8.61. The van der Waals surface area contributed by atoms with Crippen LogP contribution in [0, 0.1) is 5.82 Å². The lowest BCUT2D eigenvalue weighted by Crippen LogP contribution is -2.43. The number of hydrogen-bond acceptors (Lipinski definition) is 7. The molecule has 0 unspecified atom stereocenters. The molecule has 13 heteroatoms. The molecule has 2 aliphatic rings. The molecule has 3 aromatic rings. The van der Waals surface area contributed by atoms with Crippen molar-refractivity contribution in [2.45, 2.75) is 37.1 Å². The van der Waals surface area contributed by atoms with Gasteiger partial charge in [-0.25, -0.2) is 19.1 Å². The summed E-state index contributed by atoms with van der Waals surface area (Å²) in [5.74, 6) is -1.76. The van der Waals surface area contributed by atoms with E-state index in [4.69, 9.17) is 4.74 Å². The van der Waals surface area contributed by atoms with Crippen molar-refractivity contribution in [3.63, 3.8) is 0 Å². The molecule has 182 valence electrons. The Morgan fingerprint density at radius 3 is 2.46 bits per heavy atom. The van der Waals surface area contributed by atoms with Gasteiger partial charge in [0.15, 0.2) is 16.9 Å². The molecule has 1 atom stereocenters. The average molecular weight is 507 g/mol. The van der Waals surface area contributed by atoms with Gasteiger partial charge in [0.25, 0.3) is 11.8 Å². The molecule has 3 heterocycles. The summed E-state index contributed by atoms with van der Waals surface area (Å²) in [6.45, 7) is -0.198. The molecule has 1 spiro atoms. The van der Waals surface area contributed by atoms with Crippen LogP contribution in [0.2, 0.25) is 0 Å². The Morgan fingerprint density at radius 2 is 1.83 bits per heavy atom. The van der Waals surface area contributed by atoms with Crippen LogP contribution < -0.4 is 4.74 Å². The minimum Gasteiger partial charge on any atom is -0.479 e. The number of hydrogen-bond donors (Lipinski definition) is 0. The van der Waals surface area contributed by atoms with Gasteiger partial charge in [-0.1, -0.05) is 41.7 Å².